The van der Waals surface area contributed by atoms with Gasteiger partial charge in [0.05, 0.1) is 11.1 Å². The third kappa shape index (κ3) is 1.73. The summed E-state index contributed by atoms with van der Waals surface area (Å²) in [6.45, 7) is 2.06. The third-order valence-corrected chi connectivity index (χ3v) is 3.90. The van der Waals surface area contributed by atoms with Crippen molar-refractivity contribution in [1.29, 1.82) is 0 Å². The molecule has 17 heavy (non-hydrogen) atoms. The molecule has 0 spiro atoms. The van der Waals surface area contributed by atoms with Gasteiger partial charge in [-0.15, -0.1) is 0 Å². The van der Waals surface area contributed by atoms with Gasteiger partial charge in [0, 0.05) is 11.6 Å². The second-order valence-electron chi connectivity index (χ2n) is 4.96. The van der Waals surface area contributed by atoms with Crippen LogP contribution < -0.4 is 0 Å². The quantitative estimate of drug-likeness (QED) is 0.873. The molecule has 0 amide bonds. The first kappa shape index (κ1) is 10.7. The first-order chi connectivity index (χ1) is 8.24. The van der Waals surface area contributed by atoms with E-state index in [9.17, 15) is 5.11 Å². The van der Waals surface area contributed by atoms with Gasteiger partial charge in [0.2, 0.25) is 0 Å². The van der Waals surface area contributed by atoms with Crippen molar-refractivity contribution in [2.45, 2.75) is 31.8 Å². The van der Waals surface area contributed by atoms with Gasteiger partial charge in [-0.05, 0) is 42.9 Å². The average Bonchev–Trinajstić information content (AvgIpc) is 3.22. The number of fused-ring (bicyclic) bond motifs is 1. The minimum absolute atomic E-state index is 0.439. The van der Waals surface area contributed by atoms with E-state index in [1.807, 2.05) is 24.3 Å². The van der Waals surface area contributed by atoms with Crippen LogP contribution in [0.5, 0.6) is 0 Å². The molecule has 1 aliphatic rings. The lowest BCUT2D eigenvalue weighted by atomic mass is 9.86. The van der Waals surface area contributed by atoms with Gasteiger partial charge < -0.3 is 5.11 Å². The van der Waals surface area contributed by atoms with Crippen molar-refractivity contribution in [3.63, 3.8) is 0 Å². The molecular formula is C15H17NO. The first-order valence-corrected chi connectivity index (χ1v) is 6.31. The summed E-state index contributed by atoms with van der Waals surface area (Å²) >= 11 is 0. The summed E-state index contributed by atoms with van der Waals surface area (Å²) in [6.07, 6.45) is 4.86. The molecule has 1 heterocycles. The molecule has 2 heteroatoms. The Bertz CT molecular complexity index is 547. The van der Waals surface area contributed by atoms with Crippen LogP contribution in [0.15, 0.2) is 36.5 Å². The molecule has 1 unspecified atom stereocenters. The molecule has 0 aliphatic heterocycles. The molecule has 1 aliphatic carbocycles. The molecule has 2 nitrogen and oxygen atoms in total. The second kappa shape index (κ2) is 3.81. The third-order valence-electron chi connectivity index (χ3n) is 3.90. The normalized spacial score (nSPS) is 19.2. The van der Waals surface area contributed by atoms with E-state index in [1.54, 1.807) is 6.20 Å². The Hall–Kier alpha value is -1.41. The summed E-state index contributed by atoms with van der Waals surface area (Å²) < 4.78 is 0. The maximum absolute atomic E-state index is 10.8. The summed E-state index contributed by atoms with van der Waals surface area (Å²) in [5.74, 6) is 0.439. The molecular weight excluding hydrogens is 210 g/mol. The number of hydrogen-bond acceptors (Lipinski definition) is 2. The van der Waals surface area contributed by atoms with Crippen molar-refractivity contribution in [3.05, 3.63) is 42.1 Å². The SMILES string of the molecule is CCC(O)(c1ccc2cccnc2c1)C1CC1. The van der Waals surface area contributed by atoms with E-state index < -0.39 is 5.60 Å². The van der Waals surface area contributed by atoms with Gasteiger partial charge in [-0.1, -0.05) is 25.1 Å². The van der Waals surface area contributed by atoms with E-state index in [1.165, 1.54) is 0 Å². The Kier molecular flexibility index (Phi) is 2.40. The van der Waals surface area contributed by atoms with E-state index in [4.69, 9.17) is 0 Å². The summed E-state index contributed by atoms with van der Waals surface area (Å²) in [5.41, 5.74) is 1.34. The Balaban J connectivity index is 2.10. The highest BCUT2D eigenvalue weighted by Crippen LogP contribution is 2.47. The van der Waals surface area contributed by atoms with Crippen molar-refractivity contribution < 1.29 is 5.11 Å². The highest BCUT2D eigenvalue weighted by Gasteiger charge is 2.43. The Labute approximate surface area is 101 Å². The monoisotopic (exact) mass is 227 g/mol. The van der Waals surface area contributed by atoms with Gasteiger partial charge in [-0.25, -0.2) is 0 Å². The van der Waals surface area contributed by atoms with Crippen LogP contribution in [0.2, 0.25) is 0 Å². The van der Waals surface area contributed by atoms with Gasteiger partial charge in [0.1, 0.15) is 0 Å². The second-order valence-corrected chi connectivity index (χ2v) is 4.96. The smallest absolute Gasteiger partial charge is 0.0922 e. The molecule has 1 aromatic heterocycles. The average molecular weight is 227 g/mol. The predicted molar refractivity (Wildman–Crippen MR) is 68.7 cm³/mol. The van der Waals surface area contributed by atoms with E-state index in [-0.39, 0.29) is 0 Å². The Morgan fingerprint density at radius 1 is 1.35 bits per heavy atom. The van der Waals surface area contributed by atoms with Crippen molar-refractivity contribution in [3.8, 4) is 0 Å². The van der Waals surface area contributed by atoms with Gasteiger partial charge in [-0.2, -0.15) is 0 Å². The lowest BCUT2D eigenvalue weighted by Gasteiger charge is -2.27. The molecule has 1 aromatic carbocycles. The van der Waals surface area contributed by atoms with Crippen LogP contribution in [0.3, 0.4) is 0 Å². The lowest BCUT2D eigenvalue weighted by molar-refractivity contribution is 0.00901. The molecule has 1 atom stereocenters. The zero-order valence-corrected chi connectivity index (χ0v) is 10.1. The number of rotatable bonds is 3. The van der Waals surface area contributed by atoms with Crippen LogP contribution in [0.25, 0.3) is 10.9 Å². The summed E-state index contributed by atoms with van der Waals surface area (Å²) in [6, 6.07) is 10.1. The number of benzene rings is 1. The lowest BCUT2D eigenvalue weighted by Crippen LogP contribution is -2.27. The molecule has 1 saturated carbocycles. The fourth-order valence-corrected chi connectivity index (χ4v) is 2.63. The number of aliphatic hydroxyl groups is 1. The fourth-order valence-electron chi connectivity index (χ4n) is 2.63. The Morgan fingerprint density at radius 2 is 2.18 bits per heavy atom. The molecule has 0 radical (unpaired) electrons. The van der Waals surface area contributed by atoms with E-state index in [0.717, 1.165) is 35.7 Å². The van der Waals surface area contributed by atoms with Crippen LogP contribution in [0, 0.1) is 5.92 Å². The number of hydrogen-bond donors (Lipinski definition) is 1. The zero-order chi connectivity index (χ0) is 11.9. The number of aromatic nitrogens is 1. The van der Waals surface area contributed by atoms with Gasteiger partial charge >= 0.3 is 0 Å². The highest BCUT2D eigenvalue weighted by atomic mass is 16.3. The molecule has 3 rings (SSSR count). The first-order valence-electron chi connectivity index (χ1n) is 6.31. The van der Waals surface area contributed by atoms with Crippen LogP contribution in [0.1, 0.15) is 31.7 Å². The Morgan fingerprint density at radius 3 is 2.88 bits per heavy atom. The topological polar surface area (TPSA) is 33.1 Å². The maximum atomic E-state index is 10.8. The van der Waals surface area contributed by atoms with Gasteiger partial charge in [0.15, 0.2) is 0 Å². The predicted octanol–water partition coefficient (Wildman–Crippen LogP) is 3.24. The van der Waals surface area contributed by atoms with Crippen LogP contribution in [-0.2, 0) is 5.60 Å². The molecule has 2 aromatic rings. The fraction of sp³-hybridized carbons (Fsp3) is 0.400. The summed E-state index contributed by atoms with van der Waals surface area (Å²) in [7, 11) is 0. The maximum Gasteiger partial charge on any atom is 0.0922 e. The van der Waals surface area contributed by atoms with E-state index >= 15 is 0 Å². The van der Waals surface area contributed by atoms with Gasteiger partial charge in [-0.3, -0.25) is 4.98 Å². The van der Waals surface area contributed by atoms with Crippen molar-refractivity contribution in [2.75, 3.05) is 0 Å². The van der Waals surface area contributed by atoms with Crippen molar-refractivity contribution in [1.82, 2.24) is 4.98 Å². The van der Waals surface area contributed by atoms with Gasteiger partial charge in [0.25, 0.3) is 0 Å². The van der Waals surface area contributed by atoms with Crippen LogP contribution in [-0.4, -0.2) is 10.1 Å². The summed E-state index contributed by atoms with van der Waals surface area (Å²) in [4.78, 5) is 4.36. The zero-order valence-electron chi connectivity index (χ0n) is 10.1. The summed E-state index contributed by atoms with van der Waals surface area (Å²) in [5, 5.41) is 11.9. The van der Waals surface area contributed by atoms with E-state index in [0.29, 0.717) is 5.92 Å². The van der Waals surface area contributed by atoms with Crippen LogP contribution >= 0.6 is 0 Å². The number of nitrogens with zero attached hydrogens (tertiary/aromatic N) is 1. The minimum Gasteiger partial charge on any atom is -0.385 e. The molecule has 88 valence electrons. The standard InChI is InChI=1S/C15H17NO/c1-2-15(17,12-7-8-12)13-6-5-11-4-3-9-16-14(11)10-13/h3-6,9-10,12,17H,2,7-8H2,1H3. The molecule has 1 fully saturated rings. The van der Waals surface area contributed by atoms with Crippen LogP contribution in [0.4, 0.5) is 0 Å². The van der Waals surface area contributed by atoms with Crippen molar-refractivity contribution in [2.24, 2.45) is 5.92 Å². The largest absolute Gasteiger partial charge is 0.385 e. The molecule has 0 bridgehead atoms. The van der Waals surface area contributed by atoms with Crippen molar-refractivity contribution >= 4 is 10.9 Å². The molecule has 1 N–H and O–H groups in total. The minimum atomic E-state index is -0.647. The number of pyridine rings is 1. The highest BCUT2D eigenvalue weighted by molar-refractivity contribution is 5.79. The van der Waals surface area contributed by atoms with E-state index in [2.05, 4.69) is 18.0 Å². The molecule has 0 saturated heterocycles.